The number of hydrogen-bond donors (Lipinski definition) is 1. The molecule has 0 aliphatic rings. The third-order valence-electron chi connectivity index (χ3n) is 2.76. The van der Waals surface area contributed by atoms with Crippen LogP contribution in [0.25, 0.3) is 0 Å². The highest BCUT2D eigenvalue weighted by Crippen LogP contribution is 2.33. The Balaban J connectivity index is 1.65. The zero-order valence-electron chi connectivity index (χ0n) is 11.0. The molecule has 106 valence electrons. The van der Waals surface area contributed by atoms with Gasteiger partial charge in [0.2, 0.25) is 0 Å². The van der Waals surface area contributed by atoms with E-state index in [1.54, 1.807) is 18.0 Å². The lowest BCUT2D eigenvalue weighted by Gasteiger charge is -2.07. The van der Waals surface area contributed by atoms with Gasteiger partial charge in [-0.3, -0.25) is 4.98 Å². The van der Waals surface area contributed by atoms with E-state index in [9.17, 15) is 0 Å². The minimum atomic E-state index is 0.720. The van der Waals surface area contributed by atoms with Gasteiger partial charge in [-0.25, -0.2) is 0 Å². The first kappa shape index (κ1) is 15.6. The van der Waals surface area contributed by atoms with Crippen LogP contribution in [0.4, 0.5) is 0 Å². The number of aromatic nitrogens is 1. The smallest absolute Gasteiger partial charge is 0.0556 e. The zero-order valence-corrected chi connectivity index (χ0v) is 13.3. The SMILES string of the molecule is Clc1cccc(Cl)c1SCCNCCc1cccnc1. The Hall–Kier alpha value is -0.740. The summed E-state index contributed by atoms with van der Waals surface area (Å²) < 4.78 is 0. The highest BCUT2D eigenvalue weighted by Gasteiger charge is 2.05. The lowest BCUT2D eigenvalue weighted by molar-refractivity contribution is 0.720. The van der Waals surface area contributed by atoms with Gasteiger partial charge >= 0.3 is 0 Å². The Kier molecular flexibility index (Phi) is 6.67. The van der Waals surface area contributed by atoms with Gasteiger partial charge in [-0.05, 0) is 36.7 Å². The van der Waals surface area contributed by atoms with Gasteiger partial charge in [-0.1, -0.05) is 35.3 Å². The van der Waals surface area contributed by atoms with E-state index in [-0.39, 0.29) is 0 Å². The molecule has 0 radical (unpaired) electrons. The van der Waals surface area contributed by atoms with Crippen molar-refractivity contribution in [2.24, 2.45) is 0 Å². The molecule has 1 aromatic heterocycles. The average Bonchev–Trinajstić information content (AvgIpc) is 2.46. The van der Waals surface area contributed by atoms with Crippen LogP contribution in [-0.2, 0) is 6.42 Å². The second kappa shape index (κ2) is 8.53. The third kappa shape index (κ3) is 4.98. The lowest BCUT2D eigenvalue weighted by Crippen LogP contribution is -2.20. The van der Waals surface area contributed by atoms with Gasteiger partial charge in [0.25, 0.3) is 0 Å². The molecule has 0 aliphatic carbocycles. The van der Waals surface area contributed by atoms with Crippen molar-refractivity contribution in [2.45, 2.75) is 11.3 Å². The second-order valence-electron chi connectivity index (χ2n) is 4.26. The summed E-state index contributed by atoms with van der Waals surface area (Å²) >= 11 is 13.9. The average molecular weight is 327 g/mol. The topological polar surface area (TPSA) is 24.9 Å². The van der Waals surface area contributed by atoms with Crippen molar-refractivity contribution in [1.29, 1.82) is 0 Å². The molecule has 0 bridgehead atoms. The number of hydrogen-bond acceptors (Lipinski definition) is 3. The summed E-state index contributed by atoms with van der Waals surface area (Å²) in [7, 11) is 0. The molecular formula is C15H16Cl2N2S. The van der Waals surface area contributed by atoms with Crippen molar-refractivity contribution in [3.63, 3.8) is 0 Å². The second-order valence-corrected chi connectivity index (χ2v) is 6.18. The highest BCUT2D eigenvalue weighted by atomic mass is 35.5. The Bertz CT molecular complexity index is 514. The van der Waals surface area contributed by atoms with Crippen LogP contribution in [0.15, 0.2) is 47.6 Å². The van der Waals surface area contributed by atoms with Gasteiger partial charge in [-0.2, -0.15) is 0 Å². The first-order valence-electron chi connectivity index (χ1n) is 6.44. The number of thioether (sulfide) groups is 1. The van der Waals surface area contributed by atoms with Crippen LogP contribution in [0, 0.1) is 0 Å². The lowest BCUT2D eigenvalue weighted by atomic mass is 10.2. The van der Waals surface area contributed by atoms with Crippen LogP contribution in [0.2, 0.25) is 10.0 Å². The van der Waals surface area contributed by atoms with Gasteiger partial charge in [0.05, 0.1) is 10.0 Å². The number of benzene rings is 1. The molecule has 20 heavy (non-hydrogen) atoms. The van der Waals surface area contributed by atoms with Gasteiger partial charge in [-0.15, -0.1) is 11.8 Å². The molecule has 2 rings (SSSR count). The first-order valence-corrected chi connectivity index (χ1v) is 8.18. The van der Waals surface area contributed by atoms with E-state index >= 15 is 0 Å². The largest absolute Gasteiger partial charge is 0.316 e. The van der Waals surface area contributed by atoms with Crippen LogP contribution < -0.4 is 5.32 Å². The molecule has 0 fully saturated rings. The van der Waals surface area contributed by atoms with E-state index in [4.69, 9.17) is 23.2 Å². The Morgan fingerprint density at radius 3 is 2.55 bits per heavy atom. The molecule has 0 saturated heterocycles. The molecule has 2 aromatic rings. The van der Waals surface area contributed by atoms with Crippen LogP contribution in [-0.4, -0.2) is 23.8 Å². The summed E-state index contributed by atoms with van der Waals surface area (Å²) in [5, 5.41) is 4.85. The molecule has 1 heterocycles. The number of rotatable bonds is 7. The van der Waals surface area contributed by atoms with Crippen LogP contribution in [0.3, 0.4) is 0 Å². The predicted molar refractivity (Wildman–Crippen MR) is 88.0 cm³/mol. The number of pyridine rings is 1. The maximum atomic E-state index is 6.12. The summed E-state index contributed by atoms with van der Waals surface area (Å²) in [4.78, 5) is 5.06. The normalized spacial score (nSPS) is 10.7. The molecule has 0 saturated carbocycles. The number of nitrogens with zero attached hydrogens (tertiary/aromatic N) is 1. The van der Waals surface area contributed by atoms with Crippen molar-refractivity contribution >= 4 is 35.0 Å². The van der Waals surface area contributed by atoms with E-state index in [0.29, 0.717) is 0 Å². The highest BCUT2D eigenvalue weighted by molar-refractivity contribution is 7.99. The Morgan fingerprint density at radius 2 is 1.85 bits per heavy atom. The van der Waals surface area contributed by atoms with Crippen molar-refractivity contribution in [2.75, 3.05) is 18.8 Å². The van der Waals surface area contributed by atoms with Gasteiger partial charge < -0.3 is 5.32 Å². The van der Waals surface area contributed by atoms with E-state index in [1.165, 1.54) is 5.56 Å². The molecule has 2 nitrogen and oxygen atoms in total. The molecule has 5 heteroatoms. The van der Waals surface area contributed by atoms with Crippen molar-refractivity contribution in [3.8, 4) is 0 Å². The molecule has 0 unspecified atom stereocenters. The fraction of sp³-hybridized carbons (Fsp3) is 0.267. The predicted octanol–water partition coefficient (Wildman–Crippen LogP) is 4.31. The molecule has 0 amide bonds. The zero-order chi connectivity index (χ0) is 14.2. The molecule has 0 spiro atoms. The van der Waals surface area contributed by atoms with Crippen LogP contribution in [0.5, 0.6) is 0 Å². The molecule has 1 aromatic carbocycles. The summed E-state index contributed by atoms with van der Waals surface area (Å²) in [6.45, 7) is 1.87. The van der Waals surface area contributed by atoms with E-state index in [0.717, 1.165) is 40.2 Å². The quantitative estimate of drug-likeness (QED) is 0.606. The molecular weight excluding hydrogens is 311 g/mol. The van der Waals surface area contributed by atoms with Crippen molar-refractivity contribution < 1.29 is 0 Å². The monoisotopic (exact) mass is 326 g/mol. The summed E-state index contributed by atoms with van der Waals surface area (Å²) in [6.07, 6.45) is 4.69. The van der Waals surface area contributed by atoms with Crippen LogP contribution >= 0.6 is 35.0 Å². The Morgan fingerprint density at radius 1 is 1.05 bits per heavy atom. The fourth-order valence-corrected chi connectivity index (χ4v) is 3.34. The van der Waals surface area contributed by atoms with E-state index in [2.05, 4.69) is 16.4 Å². The molecule has 0 aliphatic heterocycles. The van der Waals surface area contributed by atoms with E-state index < -0.39 is 0 Å². The summed E-state index contributed by atoms with van der Waals surface area (Å²) in [6, 6.07) is 9.65. The summed E-state index contributed by atoms with van der Waals surface area (Å²) in [5.41, 5.74) is 1.25. The van der Waals surface area contributed by atoms with Crippen molar-refractivity contribution in [3.05, 3.63) is 58.3 Å². The first-order chi connectivity index (χ1) is 9.77. The molecule has 0 atom stereocenters. The standard InChI is InChI=1S/C15H16Cl2N2S/c16-13-4-1-5-14(17)15(13)20-10-9-18-8-6-12-3-2-7-19-11-12/h1-5,7,11,18H,6,8-10H2. The fourth-order valence-electron chi connectivity index (χ4n) is 1.75. The summed E-state index contributed by atoms with van der Waals surface area (Å²) in [5.74, 6) is 0.941. The molecule has 1 N–H and O–H groups in total. The number of nitrogens with one attached hydrogen (secondary N) is 1. The minimum Gasteiger partial charge on any atom is -0.316 e. The maximum Gasteiger partial charge on any atom is 0.0556 e. The van der Waals surface area contributed by atoms with Gasteiger partial charge in [0.15, 0.2) is 0 Å². The van der Waals surface area contributed by atoms with Gasteiger partial charge in [0.1, 0.15) is 0 Å². The van der Waals surface area contributed by atoms with Gasteiger partial charge in [0, 0.05) is 29.6 Å². The van der Waals surface area contributed by atoms with Crippen molar-refractivity contribution in [1.82, 2.24) is 10.3 Å². The number of halogens is 2. The Labute approximate surface area is 133 Å². The van der Waals surface area contributed by atoms with Crippen LogP contribution in [0.1, 0.15) is 5.56 Å². The minimum absolute atomic E-state index is 0.720. The van der Waals surface area contributed by atoms with E-state index in [1.807, 2.05) is 30.5 Å². The maximum absolute atomic E-state index is 6.12. The third-order valence-corrected chi connectivity index (χ3v) is 4.75.